The van der Waals surface area contributed by atoms with Crippen molar-refractivity contribution >= 4 is 11.6 Å². The number of aromatic nitrogens is 3. The maximum absolute atomic E-state index is 12.5. The van der Waals surface area contributed by atoms with E-state index in [9.17, 15) is 4.79 Å². The summed E-state index contributed by atoms with van der Waals surface area (Å²) >= 11 is 0. The number of hydrogen-bond acceptors (Lipinski definition) is 4. The van der Waals surface area contributed by atoms with E-state index in [0.717, 1.165) is 31.0 Å². The van der Waals surface area contributed by atoms with Gasteiger partial charge in [-0.25, -0.2) is 0 Å². The van der Waals surface area contributed by atoms with Crippen LogP contribution in [0.3, 0.4) is 0 Å². The second kappa shape index (κ2) is 8.31. The summed E-state index contributed by atoms with van der Waals surface area (Å²) in [5.41, 5.74) is 2.29. The summed E-state index contributed by atoms with van der Waals surface area (Å²) in [6, 6.07) is 13.5. The molecule has 1 aromatic carbocycles. The van der Waals surface area contributed by atoms with Crippen LogP contribution in [0.2, 0.25) is 0 Å². The topological polar surface area (TPSA) is 62.5 Å². The van der Waals surface area contributed by atoms with Crippen molar-refractivity contribution in [3.05, 3.63) is 54.2 Å². The number of amides is 1. The lowest BCUT2D eigenvalue weighted by molar-refractivity contribution is 0.0948. The van der Waals surface area contributed by atoms with E-state index in [1.807, 2.05) is 47.0 Å². The van der Waals surface area contributed by atoms with Gasteiger partial charge in [0, 0.05) is 30.4 Å². The predicted molar refractivity (Wildman–Crippen MR) is 106 cm³/mol. The Kier molecular flexibility index (Phi) is 5.44. The van der Waals surface area contributed by atoms with E-state index in [1.165, 1.54) is 25.7 Å². The van der Waals surface area contributed by atoms with E-state index < -0.39 is 0 Å². The Balaban J connectivity index is 1.40. The largest absolute Gasteiger partial charge is 0.351 e. The highest BCUT2D eigenvalue weighted by Gasteiger charge is 2.12. The minimum absolute atomic E-state index is 0.0587. The van der Waals surface area contributed by atoms with Crippen molar-refractivity contribution in [2.24, 2.45) is 0 Å². The highest BCUT2D eigenvalue weighted by molar-refractivity contribution is 5.95. The molecule has 0 spiro atoms. The molecule has 0 unspecified atom stereocenters. The summed E-state index contributed by atoms with van der Waals surface area (Å²) in [4.78, 5) is 14.9. The highest BCUT2D eigenvalue weighted by Crippen LogP contribution is 2.18. The number of likely N-dealkylation sites (tertiary alicyclic amines) is 1. The van der Waals surface area contributed by atoms with E-state index in [-0.39, 0.29) is 5.91 Å². The van der Waals surface area contributed by atoms with Gasteiger partial charge in [0.25, 0.3) is 5.91 Å². The first-order valence-electron chi connectivity index (χ1n) is 9.72. The zero-order valence-electron chi connectivity index (χ0n) is 15.5. The fourth-order valence-electron chi connectivity index (χ4n) is 3.61. The number of carbonyl (C=O) groups is 1. The van der Waals surface area contributed by atoms with E-state index in [2.05, 4.69) is 20.4 Å². The molecule has 0 atom stereocenters. The average Bonchev–Trinajstić information content (AvgIpc) is 2.96. The summed E-state index contributed by atoms with van der Waals surface area (Å²) in [6.45, 7) is 3.87. The van der Waals surface area contributed by atoms with Crippen molar-refractivity contribution in [1.82, 2.24) is 24.8 Å². The molecule has 6 heteroatoms. The Morgan fingerprint density at radius 3 is 2.56 bits per heavy atom. The molecule has 4 rings (SSSR count). The van der Waals surface area contributed by atoms with Crippen molar-refractivity contribution < 1.29 is 4.79 Å². The van der Waals surface area contributed by atoms with Crippen LogP contribution in [-0.4, -0.2) is 51.6 Å². The average molecular weight is 363 g/mol. The number of hydrogen-bond donors (Lipinski definition) is 1. The minimum atomic E-state index is -0.0587. The molecule has 0 saturated carbocycles. The van der Waals surface area contributed by atoms with Crippen LogP contribution in [0.4, 0.5) is 0 Å². The minimum Gasteiger partial charge on any atom is -0.351 e. The Labute approximate surface area is 159 Å². The van der Waals surface area contributed by atoms with Crippen molar-refractivity contribution in [2.75, 3.05) is 26.2 Å². The lowest BCUT2D eigenvalue weighted by Crippen LogP contribution is -2.35. The van der Waals surface area contributed by atoms with Crippen LogP contribution in [-0.2, 0) is 0 Å². The number of nitrogens with zero attached hydrogens (tertiary/aromatic N) is 4. The third-order valence-corrected chi connectivity index (χ3v) is 5.12. The SMILES string of the molecule is O=C(NCCN1CCCCCC1)c1ccn2c(-c3ccccc3)nnc2c1. The first-order valence-corrected chi connectivity index (χ1v) is 9.72. The van der Waals surface area contributed by atoms with Crippen LogP contribution in [0, 0.1) is 0 Å². The molecule has 3 aromatic rings. The number of nitrogens with one attached hydrogen (secondary N) is 1. The van der Waals surface area contributed by atoms with Crippen LogP contribution in [0.5, 0.6) is 0 Å². The lowest BCUT2D eigenvalue weighted by atomic mass is 10.2. The Morgan fingerprint density at radius 2 is 1.78 bits per heavy atom. The van der Waals surface area contributed by atoms with Crippen LogP contribution in [0.15, 0.2) is 48.7 Å². The van der Waals surface area contributed by atoms with Gasteiger partial charge < -0.3 is 10.2 Å². The molecule has 140 valence electrons. The van der Waals surface area contributed by atoms with Crippen LogP contribution < -0.4 is 5.32 Å². The molecule has 6 nitrogen and oxygen atoms in total. The third-order valence-electron chi connectivity index (χ3n) is 5.12. The predicted octanol–water partition coefficient (Wildman–Crippen LogP) is 3.00. The molecular formula is C21H25N5O. The van der Waals surface area contributed by atoms with Crippen LogP contribution in [0.1, 0.15) is 36.0 Å². The second-order valence-corrected chi connectivity index (χ2v) is 7.05. The molecule has 1 amide bonds. The first-order chi connectivity index (χ1) is 13.3. The monoisotopic (exact) mass is 363 g/mol. The number of pyridine rings is 1. The third kappa shape index (κ3) is 4.17. The maximum Gasteiger partial charge on any atom is 0.251 e. The fourth-order valence-corrected chi connectivity index (χ4v) is 3.61. The Bertz CT molecular complexity index is 897. The number of benzene rings is 1. The van der Waals surface area contributed by atoms with Crippen molar-refractivity contribution in [3.8, 4) is 11.4 Å². The maximum atomic E-state index is 12.5. The number of rotatable bonds is 5. The quantitative estimate of drug-likeness (QED) is 0.757. The molecular weight excluding hydrogens is 338 g/mol. The van der Waals surface area contributed by atoms with Gasteiger partial charge in [0.15, 0.2) is 11.5 Å². The molecule has 0 radical (unpaired) electrons. The van der Waals surface area contributed by atoms with Gasteiger partial charge in [-0.2, -0.15) is 0 Å². The van der Waals surface area contributed by atoms with Gasteiger partial charge in [0.05, 0.1) is 0 Å². The molecule has 27 heavy (non-hydrogen) atoms. The standard InChI is InChI=1S/C21H25N5O/c27-21(22-11-15-25-12-6-1-2-7-13-25)18-10-14-26-19(16-18)23-24-20(26)17-8-4-3-5-9-17/h3-5,8-10,14,16H,1-2,6-7,11-13,15H2,(H,22,27). The molecule has 1 saturated heterocycles. The van der Waals surface area contributed by atoms with Gasteiger partial charge in [0.2, 0.25) is 0 Å². The van der Waals surface area contributed by atoms with E-state index >= 15 is 0 Å². The van der Waals surface area contributed by atoms with Gasteiger partial charge in [0.1, 0.15) is 0 Å². The zero-order chi connectivity index (χ0) is 18.5. The van der Waals surface area contributed by atoms with Crippen molar-refractivity contribution in [2.45, 2.75) is 25.7 Å². The van der Waals surface area contributed by atoms with Gasteiger partial charge in [-0.15, -0.1) is 10.2 Å². The van der Waals surface area contributed by atoms with E-state index in [1.54, 1.807) is 6.07 Å². The molecule has 1 N–H and O–H groups in total. The van der Waals surface area contributed by atoms with Gasteiger partial charge in [-0.1, -0.05) is 43.2 Å². The first kappa shape index (κ1) is 17.7. The van der Waals surface area contributed by atoms with Crippen LogP contribution in [0.25, 0.3) is 17.0 Å². The van der Waals surface area contributed by atoms with Crippen LogP contribution >= 0.6 is 0 Å². The van der Waals surface area contributed by atoms with Gasteiger partial charge in [-0.3, -0.25) is 9.20 Å². The Morgan fingerprint density at radius 1 is 1.00 bits per heavy atom. The molecule has 1 fully saturated rings. The number of carbonyl (C=O) groups excluding carboxylic acids is 1. The van der Waals surface area contributed by atoms with Crippen molar-refractivity contribution in [1.29, 1.82) is 0 Å². The Hall–Kier alpha value is -2.73. The normalized spacial score (nSPS) is 15.6. The zero-order valence-corrected chi connectivity index (χ0v) is 15.5. The fraction of sp³-hybridized carbons (Fsp3) is 0.381. The lowest BCUT2D eigenvalue weighted by Gasteiger charge is -2.19. The smallest absolute Gasteiger partial charge is 0.251 e. The van der Waals surface area contributed by atoms with Gasteiger partial charge in [-0.05, 0) is 38.1 Å². The summed E-state index contributed by atoms with van der Waals surface area (Å²) in [5.74, 6) is 0.718. The van der Waals surface area contributed by atoms with E-state index in [0.29, 0.717) is 17.8 Å². The summed E-state index contributed by atoms with van der Waals surface area (Å²) < 4.78 is 1.91. The molecule has 2 aromatic heterocycles. The summed E-state index contributed by atoms with van der Waals surface area (Å²) in [6.07, 6.45) is 7.04. The molecule has 1 aliphatic rings. The molecule has 1 aliphatic heterocycles. The second-order valence-electron chi connectivity index (χ2n) is 7.05. The van der Waals surface area contributed by atoms with Gasteiger partial charge >= 0.3 is 0 Å². The van der Waals surface area contributed by atoms with E-state index in [4.69, 9.17) is 0 Å². The molecule has 0 aliphatic carbocycles. The molecule has 0 bridgehead atoms. The van der Waals surface area contributed by atoms with Crippen molar-refractivity contribution in [3.63, 3.8) is 0 Å². The summed E-state index contributed by atoms with van der Waals surface area (Å²) in [5, 5.41) is 11.5. The molecule has 3 heterocycles. The summed E-state index contributed by atoms with van der Waals surface area (Å²) in [7, 11) is 0. The number of fused-ring (bicyclic) bond motifs is 1. The highest BCUT2D eigenvalue weighted by atomic mass is 16.1.